The third-order valence-electron chi connectivity index (χ3n) is 2.40. The standard InChI is InChI=1S/C13H9Cl2F2N/c14-9-2-4-13(12(17)6-9)18-7-8-1-3-10(15)11(16)5-8/h1-6,18H,7H2. The van der Waals surface area contributed by atoms with Gasteiger partial charge in [-0.2, -0.15) is 0 Å². The van der Waals surface area contributed by atoms with E-state index in [-0.39, 0.29) is 5.02 Å². The Hall–Kier alpha value is -1.32. The summed E-state index contributed by atoms with van der Waals surface area (Å²) in [7, 11) is 0. The lowest BCUT2D eigenvalue weighted by atomic mass is 10.2. The highest BCUT2D eigenvalue weighted by molar-refractivity contribution is 6.31. The van der Waals surface area contributed by atoms with Crippen LogP contribution in [0.5, 0.6) is 0 Å². The molecule has 0 atom stereocenters. The highest BCUT2D eigenvalue weighted by Crippen LogP contribution is 2.20. The average molecular weight is 288 g/mol. The highest BCUT2D eigenvalue weighted by Gasteiger charge is 2.04. The van der Waals surface area contributed by atoms with Crippen LogP contribution in [-0.2, 0) is 6.54 Å². The van der Waals surface area contributed by atoms with E-state index in [1.165, 1.54) is 24.3 Å². The van der Waals surface area contributed by atoms with Crippen LogP contribution in [0.4, 0.5) is 14.5 Å². The fourth-order valence-corrected chi connectivity index (χ4v) is 1.76. The van der Waals surface area contributed by atoms with Gasteiger partial charge in [-0.3, -0.25) is 0 Å². The molecule has 0 fully saturated rings. The molecule has 0 saturated heterocycles. The summed E-state index contributed by atoms with van der Waals surface area (Å²) in [5, 5.41) is 3.26. The Bertz CT molecular complexity index is 573. The minimum absolute atomic E-state index is 0.0661. The molecule has 0 aromatic heterocycles. The molecule has 0 radical (unpaired) electrons. The van der Waals surface area contributed by atoms with Crippen molar-refractivity contribution in [1.29, 1.82) is 0 Å². The van der Waals surface area contributed by atoms with Gasteiger partial charge in [0.15, 0.2) is 0 Å². The summed E-state index contributed by atoms with van der Waals surface area (Å²) in [5.74, 6) is -0.940. The molecular formula is C13H9Cl2F2N. The van der Waals surface area contributed by atoms with E-state index in [1.54, 1.807) is 12.1 Å². The first-order valence-corrected chi connectivity index (χ1v) is 5.95. The lowest BCUT2D eigenvalue weighted by molar-refractivity contribution is 0.625. The zero-order chi connectivity index (χ0) is 13.1. The Labute approximate surface area is 113 Å². The maximum atomic E-state index is 13.5. The smallest absolute Gasteiger partial charge is 0.147 e. The summed E-state index contributed by atoms with van der Waals surface area (Å²) < 4.78 is 26.6. The molecule has 0 spiro atoms. The second-order valence-electron chi connectivity index (χ2n) is 3.73. The fraction of sp³-hybridized carbons (Fsp3) is 0.0769. The third-order valence-corrected chi connectivity index (χ3v) is 2.94. The molecule has 0 heterocycles. The normalized spacial score (nSPS) is 10.4. The van der Waals surface area contributed by atoms with Crippen LogP contribution in [-0.4, -0.2) is 0 Å². The van der Waals surface area contributed by atoms with Crippen LogP contribution in [0.3, 0.4) is 0 Å². The van der Waals surface area contributed by atoms with Crippen LogP contribution < -0.4 is 5.32 Å². The van der Waals surface area contributed by atoms with Gasteiger partial charge in [0.05, 0.1) is 10.7 Å². The predicted octanol–water partition coefficient (Wildman–Crippen LogP) is 4.88. The Morgan fingerprint density at radius 2 is 1.72 bits per heavy atom. The zero-order valence-electron chi connectivity index (χ0n) is 9.18. The van der Waals surface area contributed by atoms with Crippen molar-refractivity contribution < 1.29 is 8.78 Å². The lowest BCUT2D eigenvalue weighted by Gasteiger charge is -2.08. The van der Waals surface area contributed by atoms with Crippen molar-refractivity contribution in [1.82, 2.24) is 0 Å². The molecule has 2 aromatic rings. The first-order chi connectivity index (χ1) is 8.56. The minimum atomic E-state index is -0.493. The Morgan fingerprint density at radius 1 is 0.944 bits per heavy atom. The van der Waals surface area contributed by atoms with Crippen molar-refractivity contribution in [3.63, 3.8) is 0 Å². The van der Waals surface area contributed by atoms with Gasteiger partial charge < -0.3 is 5.32 Å². The second-order valence-corrected chi connectivity index (χ2v) is 4.57. The molecule has 0 saturated carbocycles. The first-order valence-electron chi connectivity index (χ1n) is 5.19. The molecule has 94 valence electrons. The molecule has 0 bridgehead atoms. The lowest BCUT2D eigenvalue weighted by Crippen LogP contribution is -2.01. The summed E-state index contributed by atoms with van der Waals surface area (Å²) in [6.45, 7) is 0.298. The number of hydrogen-bond acceptors (Lipinski definition) is 1. The second kappa shape index (κ2) is 5.55. The molecule has 0 aliphatic rings. The Balaban J connectivity index is 2.09. The van der Waals surface area contributed by atoms with Crippen LogP contribution in [0.2, 0.25) is 10.0 Å². The van der Waals surface area contributed by atoms with Gasteiger partial charge in [0.1, 0.15) is 11.6 Å². The molecule has 0 amide bonds. The monoisotopic (exact) mass is 287 g/mol. The molecular weight excluding hydrogens is 279 g/mol. The van der Waals surface area contributed by atoms with Gasteiger partial charge in [-0.05, 0) is 35.9 Å². The molecule has 0 unspecified atom stereocenters. The quantitative estimate of drug-likeness (QED) is 0.848. The average Bonchev–Trinajstić information content (AvgIpc) is 2.32. The van der Waals surface area contributed by atoms with Gasteiger partial charge in [0.2, 0.25) is 0 Å². The molecule has 2 rings (SSSR count). The molecule has 1 nitrogen and oxygen atoms in total. The Kier molecular flexibility index (Phi) is 4.04. The SMILES string of the molecule is Fc1cc(CNc2ccc(Cl)cc2F)ccc1Cl. The van der Waals surface area contributed by atoms with E-state index >= 15 is 0 Å². The summed E-state index contributed by atoms with van der Waals surface area (Å²) in [5.41, 5.74) is 0.987. The maximum absolute atomic E-state index is 13.5. The van der Waals surface area contributed by atoms with Crippen LogP contribution in [0.25, 0.3) is 0 Å². The summed E-state index contributed by atoms with van der Waals surface area (Å²) in [6, 6.07) is 8.77. The van der Waals surface area contributed by atoms with Gasteiger partial charge in [-0.15, -0.1) is 0 Å². The van der Waals surface area contributed by atoms with Gasteiger partial charge in [0.25, 0.3) is 0 Å². The van der Waals surface area contributed by atoms with E-state index in [1.807, 2.05) is 0 Å². The number of anilines is 1. The largest absolute Gasteiger partial charge is 0.379 e. The fourth-order valence-electron chi connectivity index (χ4n) is 1.48. The summed E-state index contributed by atoms with van der Waals surface area (Å²) in [6.07, 6.45) is 0. The number of benzene rings is 2. The van der Waals surface area contributed by atoms with Crippen molar-refractivity contribution in [3.8, 4) is 0 Å². The van der Waals surface area contributed by atoms with Crippen molar-refractivity contribution in [2.75, 3.05) is 5.32 Å². The van der Waals surface area contributed by atoms with E-state index in [2.05, 4.69) is 5.32 Å². The first kappa shape index (κ1) is 13.1. The maximum Gasteiger partial charge on any atom is 0.147 e. The van der Waals surface area contributed by atoms with E-state index in [0.29, 0.717) is 22.8 Å². The molecule has 18 heavy (non-hydrogen) atoms. The number of halogens is 4. The molecule has 2 aromatic carbocycles. The molecule has 0 aliphatic carbocycles. The minimum Gasteiger partial charge on any atom is -0.379 e. The van der Waals surface area contributed by atoms with Crippen LogP contribution >= 0.6 is 23.2 Å². The molecule has 1 N–H and O–H groups in total. The Morgan fingerprint density at radius 3 is 2.39 bits per heavy atom. The predicted molar refractivity (Wildman–Crippen MR) is 70.1 cm³/mol. The van der Waals surface area contributed by atoms with Gasteiger partial charge in [-0.1, -0.05) is 29.3 Å². The number of rotatable bonds is 3. The van der Waals surface area contributed by atoms with E-state index in [9.17, 15) is 8.78 Å². The number of nitrogens with one attached hydrogen (secondary N) is 1. The highest BCUT2D eigenvalue weighted by atomic mass is 35.5. The van der Waals surface area contributed by atoms with Crippen LogP contribution in [0.1, 0.15) is 5.56 Å². The number of hydrogen-bond donors (Lipinski definition) is 1. The van der Waals surface area contributed by atoms with Gasteiger partial charge >= 0.3 is 0 Å². The summed E-state index contributed by atoms with van der Waals surface area (Å²) in [4.78, 5) is 0. The summed E-state index contributed by atoms with van der Waals surface area (Å²) >= 11 is 11.2. The molecule has 0 aliphatic heterocycles. The van der Waals surface area contributed by atoms with Gasteiger partial charge in [0, 0.05) is 11.6 Å². The topological polar surface area (TPSA) is 12.0 Å². The van der Waals surface area contributed by atoms with Crippen molar-refractivity contribution >= 4 is 28.9 Å². The van der Waals surface area contributed by atoms with Crippen molar-refractivity contribution in [3.05, 3.63) is 63.6 Å². The van der Waals surface area contributed by atoms with Gasteiger partial charge in [-0.25, -0.2) is 8.78 Å². The third kappa shape index (κ3) is 3.12. The van der Waals surface area contributed by atoms with E-state index in [4.69, 9.17) is 23.2 Å². The van der Waals surface area contributed by atoms with Crippen LogP contribution in [0, 0.1) is 11.6 Å². The van der Waals surface area contributed by atoms with Crippen molar-refractivity contribution in [2.45, 2.75) is 6.54 Å². The van der Waals surface area contributed by atoms with E-state index in [0.717, 1.165) is 0 Å². The van der Waals surface area contributed by atoms with E-state index < -0.39 is 11.6 Å². The van der Waals surface area contributed by atoms with Crippen LogP contribution in [0.15, 0.2) is 36.4 Å². The zero-order valence-corrected chi connectivity index (χ0v) is 10.7. The molecule has 5 heteroatoms. The van der Waals surface area contributed by atoms with Crippen molar-refractivity contribution in [2.24, 2.45) is 0 Å².